The number of aromatic nitrogens is 3. The Morgan fingerprint density at radius 3 is 2.42 bits per heavy atom. The van der Waals surface area contributed by atoms with Crippen LogP contribution in [0.2, 0.25) is 0 Å². The first-order valence-electron chi connectivity index (χ1n) is 9.80. The standard InChI is InChI=1S/C22H13F6N3O4S/c1-35-13-6-11(7-29-8-13)14-9-36-18-15(14)19(33)31-30-16(18)17(32)10-3-2-4-12(5-10)20(34,21(23,24)25)22(26,27)28/h2-9,34H,1H3,(H,31,33). The van der Waals surface area contributed by atoms with Crippen molar-refractivity contribution in [1.29, 1.82) is 0 Å². The molecule has 14 heteroatoms. The molecule has 0 fully saturated rings. The highest BCUT2D eigenvalue weighted by Gasteiger charge is 2.71. The third-order valence-electron chi connectivity index (χ3n) is 5.34. The number of halogens is 6. The fourth-order valence-corrected chi connectivity index (χ4v) is 4.59. The van der Waals surface area contributed by atoms with Gasteiger partial charge < -0.3 is 9.84 Å². The highest BCUT2D eigenvalue weighted by molar-refractivity contribution is 7.18. The van der Waals surface area contributed by atoms with Crippen LogP contribution in [0.1, 0.15) is 21.6 Å². The summed E-state index contributed by atoms with van der Waals surface area (Å²) in [6, 6.07) is 4.03. The Kier molecular flexibility index (Phi) is 6.12. The van der Waals surface area contributed by atoms with Crippen molar-refractivity contribution in [2.24, 2.45) is 0 Å². The van der Waals surface area contributed by atoms with E-state index in [2.05, 4.69) is 15.2 Å². The fraction of sp³-hybridized carbons (Fsp3) is 0.182. The Bertz CT molecular complexity index is 1510. The molecule has 0 unspecified atom stereocenters. The van der Waals surface area contributed by atoms with E-state index in [9.17, 15) is 41.0 Å². The van der Waals surface area contributed by atoms with Crippen molar-refractivity contribution < 1.29 is 41.0 Å². The van der Waals surface area contributed by atoms with Gasteiger partial charge in [-0.25, -0.2) is 5.10 Å². The summed E-state index contributed by atoms with van der Waals surface area (Å²) in [4.78, 5) is 29.7. The van der Waals surface area contributed by atoms with Gasteiger partial charge >= 0.3 is 12.4 Å². The molecule has 0 saturated heterocycles. The van der Waals surface area contributed by atoms with Crippen LogP contribution in [0.4, 0.5) is 26.3 Å². The van der Waals surface area contributed by atoms with Crippen molar-refractivity contribution >= 4 is 27.2 Å². The number of nitrogens with zero attached hydrogens (tertiary/aromatic N) is 2. The Labute approximate surface area is 201 Å². The van der Waals surface area contributed by atoms with E-state index in [0.717, 1.165) is 23.5 Å². The third kappa shape index (κ3) is 4.01. The SMILES string of the molecule is COc1cncc(-c2csc3c(C(=O)c4cccc(C(O)(C(F)(F)F)C(F)(F)F)c4)n[nH]c(=O)c23)c1. The molecule has 7 nitrogen and oxygen atoms in total. The number of benzene rings is 1. The zero-order valence-corrected chi connectivity index (χ0v) is 18.7. The second kappa shape index (κ2) is 8.71. The minimum absolute atomic E-state index is 0.0200. The molecule has 0 aliphatic heterocycles. The number of ketones is 1. The molecule has 3 aromatic heterocycles. The first-order valence-corrected chi connectivity index (χ1v) is 10.7. The Balaban J connectivity index is 1.85. The molecule has 0 aliphatic carbocycles. The zero-order valence-electron chi connectivity index (χ0n) is 17.9. The Morgan fingerprint density at radius 2 is 1.78 bits per heavy atom. The number of aliphatic hydroxyl groups is 1. The molecular formula is C22H13F6N3O4S. The molecule has 0 atom stereocenters. The summed E-state index contributed by atoms with van der Waals surface area (Å²) in [6.07, 6.45) is -9.38. The number of rotatable bonds is 5. The molecule has 0 radical (unpaired) electrons. The van der Waals surface area contributed by atoms with E-state index in [-0.39, 0.29) is 10.1 Å². The van der Waals surface area contributed by atoms with E-state index in [1.54, 1.807) is 6.07 Å². The van der Waals surface area contributed by atoms with Crippen LogP contribution in [0.15, 0.2) is 52.9 Å². The number of alkyl halides is 6. The van der Waals surface area contributed by atoms with Gasteiger partial charge in [0, 0.05) is 33.8 Å². The van der Waals surface area contributed by atoms with Crippen LogP contribution in [-0.2, 0) is 5.60 Å². The van der Waals surface area contributed by atoms with Crippen molar-refractivity contribution in [3.05, 3.63) is 75.3 Å². The molecule has 4 aromatic rings. The van der Waals surface area contributed by atoms with Gasteiger partial charge in [0.1, 0.15) is 11.4 Å². The number of hydrogen-bond donors (Lipinski definition) is 2. The van der Waals surface area contributed by atoms with Gasteiger partial charge in [0.25, 0.3) is 11.2 Å². The van der Waals surface area contributed by atoms with E-state index < -0.39 is 46.1 Å². The van der Waals surface area contributed by atoms with Gasteiger partial charge in [0.15, 0.2) is 0 Å². The van der Waals surface area contributed by atoms with E-state index in [1.807, 2.05) is 0 Å². The zero-order chi connectivity index (χ0) is 26.5. The van der Waals surface area contributed by atoms with E-state index in [4.69, 9.17) is 4.74 Å². The molecule has 1 aromatic carbocycles. The number of H-pyrrole nitrogens is 1. The average molecular weight is 529 g/mol. The summed E-state index contributed by atoms with van der Waals surface area (Å²) in [7, 11) is 1.41. The smallest absolute Gasteiger partial charge is 0.430 e. The number of pyridine rings is 1. The normalized spacial score (nSPS) is 12.7. The number of methoxy groups -OCH3 is 1. The molecule has 2 N–H and O–H groups in total. The number of hydrogen-bond acceptors (Lipinski definition) is 7. The summed E-state index contributed by atoms with van der Waals surface area (Å²) in [6.45, 7) is 0. The maximum absolute atomic E-state index is 13.3. The number of nitrogens with one attached hydrogen (secondary N) is 1. The van der Waals surface area contributed by atoms with Crippen LogP contribution in [0, 0.1) is 0 Å². The predicted octanol–water partition coefficient (Wildman–Crippen LogP) is 4.60. The van der Waals surface area contributed by atoms with Crippen LogP contribution in [0.25, 0.3) is 21.2 Å². The molecule has 0 amide bonds. The topological polar surface area (TPSA) is 105 Å². The average Bonchev–Trinajstić information content (AvgIpc) is 3.28. The van der Waals surface area contributed by atoms with E-state index >= 15 is 0 Å². The second-order valence-electron chi connectivity index (χ2n) is 7.48. The van der Waals surface area contributed by atoms with Crippen LogP contribution >= 0.6 is 11.3 Å². The predicted molar refractivity (Wildman–Crippen MR) is 116 cm³/mol. The molecule has 0 aliphatic rings. The minimum atomic E-state index is -6.12. The lowest BCUT2D eigenvalue weighted by atomic mass is 9.90. The van der Waals surface area contributed by atoms with Crippen LogP contribution in [0.3, 0.4) is 0 Å². The van der Waals surface area contributed by atoms with E-state index in [1.165, 1.54) is 24.9 Å². The van der Waals surface area contributed by atoms with Gasteiger partial charge in [-0.2, -0.15) is 31.4 Å². The minimum Gasteiger partial charge on any atom is -0.495 e. The van der Waals surface area contributed by atoms with Crippen molar-refractivity contribution in [2.75, 3.05) is 7.11 Å². The number of fused-ring (bicyclic) bond motifs is 1. The highest BCUT2D eigenvalue weighted by atomic mass is 32.1. The quantitative estimate of drug-likeness (QED) is 0.289. The fourth-order valence-electron chi connectivity index (χ4n) is 3.53. The summed E-state index contributed by atoms with van der Waals surface area (Å²) < 4.78 is 84.9. The van der Waals surface area contributed by atoms with Gasteiger partial charge in [-0.15, -0.1) is 11.3 Å². The lowest BCUT2D eigenvalue weighted by molar-refractivity contribution is -0.376. The monoisotopic (exact) mass is 529 g/mol. The second-order valence-corrected chi connectivity index (χ2v) is 8.36. The molecule has 4 rings (SSSR count). The van der Waals surface area contributed by atoms with Gasteiger partial charge in [0.05, 0.1) is 23.4 Å². The molecule has 3 heterocycles. The molecule has 0 bridgehead atoms. The molecule has 0 saturated carbocycles. The molecule has 0 spiro atoms. The summed E-state index contributed by atoms with van der Waals surface area (Å²) in [5.41, 5.74) is -7.69. The maximum Gasteiger partial charge on any atom is 0.430 e. The number of thiophene rings is 1. The summed E-state index contributed by atoms with van der Waals surface area (Å²) in [5, 5.41) is 17.0. The maximum atomic E-state index is 13.3. The first kappa shape index (κ1) is 25.3. The van der Waals surface area contributed by atoms with Crippen molar-refractivity contribution in [2.45, 2.75) is 18.0 Å². The number of aromatic amines is 1. The molecular weight excluding hydrogens is 516 g/mol. The first-order chi connectivity index (χ1) is 16.8. The summed E-state index contributed by atoms with van der Waals surface area (Å²) in [5.74, 6) is -0.686. The lowest BCUT2D eigenvalue weighted by Gasteiger charge is -2.32. The largest absolute Gasteiger partial charge is 0.495 e. The summed E-state index contributed by atoms with van der Waals surface area (Å²) >= 11 is 0.923. The van der Waals surface area contributed by atoms with Gasteiger partial charge in [-0.3, -0.25) is 14.6 Å². The van der Waals surface area contributed by atoms with Crippen molar-refractivity contribution in [3.63, 3.8) is 0 Å². The number of ether oxygens (including phenoxy) is 1. The van der Waals surface area contributed by atoms with Gasteiger partial charge in [-0.1, -0.05) is 18.2 Å². The van der Waals surface area contributed by atoms with Gasteiger partial charge in [0.2, 0.25) is 5.78 Å². The van der Waals surface area contributed by atoms with Crippen molar-refractivity contribution in [1.82, 2.24) is 15.2 Å². The highest BCUT2D eigenvalue weighted by Crippen LogP contribution is 2.50. The third-order valence-corrected chi connectivity index (χ3v) is 6.33. The Morgan fingerprint density at radius 1 is 1.08 bits per heavy atom. The van der Waals surface area contributed by atoms with Crippen LogP contribution < -0.4 is 10.3 Å². The molecule has 188 valence electrons. The Hall–Kier alpha value is -3.78. The van der Waals surface area contributed by atoms with Crippen molar-refractivity contribution in [3.8, 4) is 16.9 Å². The lowest BCUT2D eigenvalue weighted by Crippen LogP contribution is -2.54. The van der Waals surface area contributed by atoms with E-state index in [0.29, 0.717) is 29.0 Å². The van der Waals surface area contributed by atoms with Gasteiger partial charge in [-0.05, 0) is 12.1 Å². The number of carbonyl (C=O) groups is 1. The van der Waals surface area contributed by atoms with Crippen LogP contribution in [0.5, 0.6) is 5.75 Å². The number of carbonyl (C=O) groups excluding carboxylic acids is 1. The molecule has 36 heavy (non-hydrogen) atoms. The van der Waals surface area contributed by atoms with Crippen LogP contribution in [-0.4, -0.2) is 45.5 Å².